The molecule has 0 bridgehead atoms. The molecule has 0 amide bonds. The summed E-state index contributed by atoms with van der Waals surface area (Å²) in [6.45, 7) is 1.09. The van der Waals surface area contributed by atoms with Crippen molar-refractivity contribution in [3.05, 3.63) is 60.2 Å². The van der Waals surface area contributed by atoms with Gasteiger partial charge in [0.05, 0.1) is 0 Å². The third kappa shape index (κ3) is 7.24. The van der Waals surface area contributed by atoms with E-state index in [0.29, 0.717) is 0 Å². The number of hydrogen-bond donors (Lipinski definition) is 0. The Morgan fingerprint density at radius 1 is 0.818 bits per heavy atom. The van der Waals surface area contributed by atoms with Crippen LogP contribution in [-0.2, 0) is 19.4 Å². The number of nitrogens with zero attached hydrogens (tertiary/aromatic N) is 2. The first kappa shape index (κ1) is 18.9. The normalized spacial score (nSPS) is 10.2. The van der Waals surface area contributed by atoms with Gasteiger partial charge in [-0.25, -0.2) is 4.57 Å². The number of alkyl halides is 1. The lowest BCUT2D eigenvalue weighted by atomic mass is 10.1. The summed E-state index contributed by atoms with van der Waals surface area (Å²) in [5.74, 6) is 0.768. The molecule has 4 heteroatoms. The summed E-state index contributed by atoms with van der Waals surface area (Å²) in [4.78, 5) is 4.04. The Morgan fingerprint density at radius 2 is 1.41 bits per heavy atom. The van der Waals surface area contributed by atoms with Crippen LogP contribution < -0.4 is 17.0 Å². The van der Waals surface area contributed by atoms with E-state index in [1.54, 1.807) is 0 Å². The minimum absolute atomic E-state index is 0. The van der Waals surface area contributed by atoms with Gasteiger partial charge in [0.2, 0.25) is 0 Å². The Morgan fingerprint density at radius 3 is 2.05 bits per heavy atom. The van der Waals surface area contributed by atoms with Crippen molar-refractivity contribution in [3.63, 3.8) is 0 Å². The predicted molar refractivity (Wildman–Crippen MR) is 87.5 cm³/mol. The molecule has 0 fully saturated rings. The highest BCUT2D eigenvalue weighted by atomic mass is 35.5. The number of aromatic nitrogens is 2. The Kier molecular flexibility index (Phi) is 9.85. The summed E-state index contributed by atoms with van der Waals surface area (Å²) in [6, 6.07) is 8.67. The van der Waals surface area contributed by atoms with Gasteiger partial charge in [0, 0.05) is 36.8 Å². The fourth-order valence-corrected chi connectivity index (χ4v) is 2.59. The van der Waals surface area contributed by atoms with Gasteiger partial charge in [-0.05, 0) is 55.4 Å². The molecular weight excluding hydrogens is 315 g/mol. The van der Waals surface area contributed by atoms with Crippen LogP contribution in [0.4, 0.5) is 0 Å². The average Bonchev–Trinajstić information content (AvgIpc) is 2.54. The molecular formula is C18H24Cl2N2. The van der Waals surface area contributed by atoms with Gasteiger partial charge in [-0.15, -0.1) is 11.6 Å². The molecule has 2 rings (SSSR count). The number of unbranched alkanes of at least 4 members (excludes halogenated alkanes) is 2. The minimum Gasteiger partial charge on any atom is -1.00 e. The number of pyridine rings is 2. The van der Waals surface area contributed by atoms with E-state index in [1.165, 1.54) is 30.4 Å². The van der Waals surface area contributed by atoms with E-state index in [2.05, 4.69) is 46.2 Å². The number of aryl methyl sites for hydroxylation is 3. The molecule has 0 saturated heterocycles. The summed E-state index contributed by atoms with van der Waals surface area (Å²) in [5.41, 5.74) is 2.79. The molecule has 0 saturated carbocycles. The molecule has 2 heterocycles. The van der Waals surface area contributed by atoms with Crippen LogP contribution in [0.15, 0.2) is 49.1 Å². The van der Waals surface area contributed by atoms with Crippen LogP contribution in [0.25, 0.3) is 0 Å². The maximum absolute atomic E-state index is 5.70. The van der Waals surface area contributed by atoms with Gasteiger partial charge in [0.25, 0.3) is 0 Å². The van der Waals surface area contributed by atoms with Crippen molar-refractivity contribution in [1.29, 1.82) is 0 Å². The van der Waals surface area contributed by atoms with Gasteiger partial charge in [0.1, 0.15) is 6.54 Å². The highest BCUT2D eigenvalue weighted by molar-refractivity contribution is 6.17. The first-order valence-corrected chi connectivity index (χ1v) is 8.35. The van der Waals surface area contributed by atoms with E-state index in [-0.39, 0.29) is 12.4 Å². The van der Waals surface area contributed by atoms with E-state index in [0.717, 1.165) is 31.7 Å². The van der Waals surface area contributed by atoms with Crippen LogP contribution in [0.1, 0.15) is 36.8 Å². The minimum atomic E-state index is 0. The van der Waals surface area contributed by atoms with E-state index in [1.807, 2.05) is 12.4 Å². The van der Waals surface area contributed by atoms with Crippen LogP contribution >= 0.6 is 11.6 Å². The molecule has 2 nitrogen and oxygen atoms in total. The van der Waals surface area contributed by atoms with Gasteiger partial charge in [-0.1, -0.05) is 0 Å². The summed E-state index contributed by atoms with van der Waals surface area (Å²) in [5, 5.41) is 0. The molecule has 0 aliphatic rings. The molecule has 0 aromatic carbocycles. The second-order valence-corrected chi connectivity index (χ2v) is 5.78. The monoisotopic (exact) mass is 338 g/mol. The van der Waals surface area contributed by atoms with Crippen LogP contribution in [0, 0.1) is 0 Å². The molecule has 120 valence electrons. The first-order chi connectivity index (χ1) is 10.4. The van der Waals surface area contributed by atoms with Crippen molar-refractivity contribution in [1.82, 2.24) is 4.98 Å². The van der Waals surface area contributed by atoms with Gasteiger partial charge >= 0.3 is 0 Å². The van der Waals surface area contributed by atoms with Gasteiger partial charge in [-0.3, -0.25) is 4.98 Å². The van der Waals surface area contributed by atoms with Crippen molar-refractivity contribution >= 4 is 11.6 Å². The Labute approximate surface area is 145 Å². The largest absolute Gasteiger partial charge is 1.00 e. The molecule has 0 spiro atoms. The first-order valence-electron chi connectivity index (χ1n) is 7.81. The fraction of sp³-hybridized carbons (Fsp3) is 0.444. The topological polar surface area (TPSA) is 16.8 Å². The lowest BCUT2D eigenvalue weighted by Crippen LogP contribution is -3.00. The maximum Gasteiger partial charge on any atom is 0.169 e. The number of rotatable bonds is 9. The standard InChI is InChI=1S/C18H24ClN2.ClH/c19-11-3-1-5-18-9-15-21(16-10-18)14-4-2-6-17-7-12-20-13-8-17;/h7-10,12-13,15-16H,1-6,11,14H2;1H/q+1;/p-1. The van der Waals surface area contributed by atoms with Crippen molar-refractivity contribution in [3.8, 4) is 0 Å². The average molecular weight is 339 g/mol. The van der Waals surface area contributed by atoms with Crippen LogP contribution in [0.3, 0.4) is 0 Å². The Bertz CT molecular complexity index is 500. The van der Waals surface area contributed by atoms with Crippen molar-refractivity contribution in [2.75, 3.05) is 5.88 Å². The Balaban J connectivity index is 0.00000242. The van der Waals surface area contributed by atoms with Crippen molar-refractivity contribution < 1.29 is 17.0 Å². The number of halogens is 2. The fourth-order valence-electron chi connectivity index (χ4n) is 2.40. The van der Waals surface area contributed by atoms with Gasteiger partial charge in [0.15, 0.2) is 12.4 Å². The third-order valence-electron chi connectivity index (χ3n) is 3.69. The number of hydrogen-bond acceptors (Lipinski definition) is 1. The predicted octanol–water partition coefficient (Wildman–Crippen LogP) is 0.957. The molecule has 0 radical (unpaired) electrons. The lowest BCUT2D eigenvalue weighted by Gasteiger charge is -2.01. The maximum atomic E-state index is 5.70. The van der Waals surface area contributed by atoms with Crippen molar-refractivity contribution in [2.45, 2.75) is 45.1 Å². The molecule has 2 aromatic heterocycles. The quantitative estimate of drug-likeness (QED) is 0.378. The van der Waals surface area contributed by atoms with Crippen LogP contribution in [0.2, 0.25) is 0 Å². The van der Waals surface area contributed by atoms with E-state index < -0.39 is 0 Å². The van der Waals surface area contributed by atoms with Crippen molar-refractivity contribution in [2.24, 2.45) is 0 Å². The van der Waals surface area contributed by atoms with E-state index in [4.69, 9.17) is 11.6 Å². The second kappa shape index (κ2) is 11.4. The molecule has 0 N–H and O–H groups in total. The summed E-state index contributed by atoms with van der Waals surface area (Å²) in [6.07, 6.45) is 15.1. The zero-order valence-corrected chi connectivity index (χ0v) is 14.4. The second-order valence-electron chi connectivity index (χ2n) is 5.40. The molecule has 0 aliphatic carbocycles. The molecule has 0 atom stereocenters. The van der Waals surface area contributed by atoms with Gasteiger partial charge in [-0.2, -0.15) is 0 Å². The van der Waals surface area contributed by atoms with Gasteiger partial charge < -0.3 is 12.4 Å². The SMILES string of the molecule is ClCCCCc1cc[n+](CCCCc2ccncc2)cc1.[Cl-]. The highest BCUT2D eigenvalue weighted by Crippen LogP contribution is 2.05. The van der Waals surface area contributed by atoms with Crippen LogP contribution in [0.5, 0.6) is 0 Å². The molecule has 0 aliphatic heterocycles. The van der Waals surface area contributed by atoms with Crippen LogP contribution in [-0.4, -0.2) is 10.9 Å². The molecule has 22 heavy (non-hydrogen) atoms. The summed E-state index contributed by atoms with van der Waals surface area (Å²) < 4.78 is 2.28. The summed E-state index contributed by atoms with van der Waals surface area (Å²) >= 11 is 5.70. The van der Waals surface area contributed by atoms with E-state index in [9.17, 15) is 0 Å². The zero-order valence-electron chi connectivity index (χ0n) is 12.9. The third-order valence-corrected chi connectivity index (χ3v) is 3.96. The van der Waals surface area contributed by atoms with E-state index >= 15 is 0 Å². The smallest absolute Gasteiger partial charge is 0.169 e. The molecule has 0 unspecified atom stereocenters. The highest BCUT2D eigenvalue weighted by Gasteiger charge is 2.01. The lowest BCUT2D eigenvalue weighted by molar-refractivity contribution is -0.697. The summed E-state index contributed by atoms with van der Waals surface area (Å²) in [7, 11) is 0. The Hall–Kier alpha value is -1.12. The zero-order chi connectivity index (χ0) is 14.8. The molecule has 2 aromatic rings.